The fraction of sp³-hybridized carbons (Fsp3) is 0.500. The van der Waals surface area contributed by atoms with E-state index in [2.05, 4.69) is 38.4 Å². The zero-order valence-electron chi connectivity index (χ0n) is 7.52. The van der Waals surface area contributed by atoms with E-state index >= 15 is 0 Å². The molecule has 1 heterocycles. The van der Waals surface area contributed by atoms with Gasteiger partial charge in [-0.3, -0.25) is 4.99 Å². The first-order valence-corrected chi connectivity index (χ1v) is 3.90. The van der Waals surface area contributed by atoms with Gasteiger partial charge in [0.15, 0.2) is 0 Å². The Kier molecular flexibility index (Phi) is 1.99. The molecule has 0 aromatic carbocycles. The van der Waals surface area contributed by atoms with Gasteiger partial charge in [0.2, 0.25) is 0 Å². The molecule has 0 unspecified atom stereocenters. The van der Waals surface area contributed by atoms with Crippen molar-refractivity contribution in [3.63, 3.8) is 0 Å². The van der Waals surface area contributed by atoms with Crippen LogP contribution >= 0.6 is 0 Å². The molecule has 1 rings (SSSR count). The minimum Gasteiger partial charge on any atom is -0.288 e. The van der Waals surface area contributed by atoms with Crippen LogP contribution in [-0.4, -0.2) is 12.8 Å². The second kappa shape index (κ2) is 2.65. The molecule has 1 aliphatic heterocycles. The third-order valence-corrected chi connectivity index (χ3v) is 1.75. The molecule has 0 aromatic heterocycles. The van der Waals surface area contributed by atoms with Crippen molar-refractivity contribution in [2.75, 3.05) is 6.54 Å². The molecular weight excluding hydrogens is 134 g/mol. The highest BCUT2D eigenvalue weighted by atomic mass is 14.7. The van der Waals surface area contributed by atoms with Gasteiger partial charge in [-0.05, 0) is 16.6 Å². The molecule has 0 amide bonds. The lowest BCUT2D eigenvalue weighted by atomic mass is 9.85. The molecule has 0 aliphatic carbocycles. The zero-order valence-corrected chi connectivity index (χ0v) is 7.52. The minimum absolute atomic E-state index is 0.201. The average molecular weight is 149 g/mol. The van der Waals surface area contributed by atoms with Crippen molar-refractivity contribution >= 4 is 6.21 Å². The number of allylic oxidation sites excluding steroid dienone is 1. The smallest absolute Gasteiger partial charge is 0.0634 e. The lowest BCUT2D eigenvalue weighted by molar-refractivity contribution is 0.525. The van der Waals surface area contributed by atoms with Gasteiger partial charge in [0.25, 0.3) is 0 Å². The summed E-state index contributed by atoms with van der Waals surface area (Å²) in [6.45, 7) is 11.2. The monoisotopic (exact) mass is 149 g/mol. The summed E-state index contributed by atoms with van der Waals surface area (Å²) < 4.78 is 0. The normalized spacial score (nSPS) is 18.5. The molecule has 1 heteroatoms. The van der Waals surface area contributed by atoms with Crippen LogP contribution in [0.15, 0.2) is 28.8 Å². The van der Waals surface area contributed by atoms with E-state index in [-0.39, 0.29) is 5.41 Å². The summed E-state index contributed by atoms with van der Waals surface area (Å²) in [6.07, 6.45) is 4.08. The van der Waals surface area contributed by atoms with Crippen molar-refractivity contribution in [1.29, 1.82) is 0 Å². The maximum absolute atomic E-state index is 4.21. The first-order valence-electron chi connectivity index (χ1n) is 3.90. The largest absolute Gasteiger partial charge is 0.288 e. The second-order valence-electron chi connectivity index (χ2n) is 3.98. The first-order chi connectivity index (χ1) is 5.00. The van der Waals surface area contributed by atoms with Gasteiger partial charge in [0.05, 0.1) is 6.54 Å². The summed E-state index contributed by atoms with van der Waals surface area (Å²) in [5.74, 6) is 0. The highest BCUT2D eigenvalue weighted by Gasteiger charge is 2.16. The number of dihydropyridines is 1. The van der Waals surface area contributed by atoms with E-state index < -0.39 is 0 Å². The van der Waals surface area contributed by atoms with Gasteiger partial charge < -0.3 is 0 Å². The third kappa shape index (κ3) is 2.04. The van der Waals surface area contributed by atoms with Crippen LogP contribution in [0.3, 0.4) is 0 Å². The molecule has 0 spiro atoms. The lowest BCUT2D eigenvalue weighted by Gasteiger charge is -2.22. The lowest BCUT2D eigenvalue weighted by Crippen LogP contribution is -2.13. The Morgan fingerprint density at radius 2 is 2.09 bits per heavy atom. The average Bonchev–Trinajstić information content (AvgIpc) is 1.86. The topological polar surface area (TPSA) is 12.4 Å². The van der Waals surface area contributed by atoms with Crippen molar-refractivity contribution in [2.45, 2.75) is 20.8 Å². The Morgan fingerprint density at radius 1 is 1.45 bits per heavy atom. The van der Waals surface area contributed by atoms with Gasteiger partial charge in [-0.2, -0.15) is 0 Å². The quantitative estimate of drug-likeness (QED) is 0.502. The van der Waals surface area contributed by atoms with Crippen LogP contribution in [-0.2, 0) is 0 Å². The summed E-state index contributed by atoms with van der Waals surface area (Å²) in [5.41, 5.74) is 2.58. The molecular formula is C10H15N. The summed E-state index contributed by atoms with van der Waals surface area (Å²) in [6, 6.07) is 0. The van der Waals surface area contributed by atoms with Crippen LogP contribution in [0.2, 0.25) is 0 Å². The predicted molar refractivity (Wildman–Crippen MR) is 50.0 cm³/mol. The van der Waals surface area contributed by atoms with Crippen molar-refractivity contribution in [3.8, 4) is 0 Å². The van der Waals surface area contributed by atoms with Crippen molar-refractivity contribution < 1.29 is 0 Å². The molecule has 0 fully saturated rings. The Balaban J connectivity index is 2.88. The molecule has 0 aromatic rings. The van der Waals surface area contributed by atoms with E-state index in [1.54, 1.807) is 0 Å². The van der Waals surface area contributed by atoms with E-state index in [4.69, 9.17) is 0 Å². The number of hydrogen-bond donors (Lipinski definition) is 0. The SMILES string of the molecule is C=C1C=C(C(C)(C)C)C=NC1. The van der Waals surface area contributed by atoms with E-state index in [1.807, 2.05) is 6.21 Å². The van der Waals surface area contributed by atoms with Crippen LogP contribution in [0.1, 0.15) is 20.8 Å². The van der Waals surface area contributed by atoms with Gasteiger partial charge in [-0.25, -0.2) is 0 Å². The second-order valence-corrected chi connectivity index (χ2v) is 3.98. The Morgan fingerprint density at radius 3 is 2.45 bits per heavy atom. The van der Waals surface area contributed by atoms with Crippen molar-refractivity contribution in [3.05, 3.63) is 23.8 Å². The molecule has 0 saturated carbocycles. The standard InChI is InChI=1S/C10H15N/c1-8-5-9(7-11-6-8)10(2,3)4/h5,7H,1,6H2,2-4H3. The number of hydrogen-bond acceptors (Lipinski definition) is 1. The van der Waals surface area contributed by atoms with Crippen LogP contribution in [0.5, 0.6) is 0 Å². The zero-order chi connectivity index (χ0) is 8.48. The van der Waals surface area contributed by atoms with Crippen LogP contribution < -0.4 is 0 Å². The van der Waals surface area contributed by atoms with E-state index in [0.717, 1.165) is 12.1 Å². The Hall–Kier alpha value is -0.850. The summed E-state index contributed by atoms with van der Waals surface area (Å²) >= 11 is 0. The summed E-state index contributed by atoms with van der Waals surface area (Å²) in [4.78, 5) is 4.21. The van der Waals surface area contributed by atoms with Crippen LogP contribution in [0, 0.1) is 5.41 Å². The maximum atomic E-state index is 4.21. The van der Waals surface area contributed by atoms with E-state index in [9.17, 15) is 0 Å². The summed E-state index contributed by atoms with van der Waals surface area (Å²) in [5, 5.41) is 0. The van der Waals surface area contributed by atoms with Crippen LogP contribution in [0.4, 0.5) is 0 Å². The highest BCUT2D eigenvalue weighted by Crippen LogP contribution is 2.26. The number of nitrogens with zero attached hydrogens (tertiary/aromatic N) is 1. The Bertz CT molecular complexity index is 226. The van der Waals surface area contributed by atoms with Crippen molar-refractivity contribution in [2.24, 2.45) is 10.4 Å². The fourth-order valence-electron chi connectivity index (χ4n) is 0.974. The van der Waals surface area contributed by atoms with Gasteiger partial charge in [0.1, 0.15) is 0 Å². The van der Waals surface area contributed by atoms with E-state index in [1.165, 1.54) is 5.57 Å². The molecule has 60 valence electrons. The fourth-order valence-corrected chi connectivity index (χ4v) is 0.974. The van der Waals surface area contributed by atoms with Gasteiger partial charge in [0, 0.05) is 6.21 Å². The summed E-state index contributed by atoms with van der Waals surface area (Å²) in [7, 11) is 0. The Labute approximate surface area is 68.5 Å². The van der Waals surface area contributed by atoms with Gasteiger partial charge in [-0.1, -0.05) is 33.4 Å². The molecule has 11 heavy (non-hydrogen) atoms. The van der Waals surface area contributed by atoms with E-state index in [0.29, 0.717) is 0 Å². The predicted octanol–water partition coefficient (Wildman–Crippen LogP) is 2.60. The third-order valence-electron chi connectivity index (χ3n) is 1.75. The van der Waals surface area contributed by atoms with Crippen molar-refractivity contribution in [1.82, 2.24) is 0 Å². The molecule has 0 atom stereocenters. The molecule has 0 saturated heterocycles. The highest BCUT2D eigenvalue weighted by molar-refractivity contribution is 5.82. The van der Waals surface area contributed by atoms with Gasteiger partial charge >= 0.3 is 0 Å². The molecule has 0 radical (unpaired) electrons. The first kappa shape index (κ1) is 8.25. The molecule has 0 N–H and O–H groups in total. The molecule has 1 aliphatic rings. The minimum atomic E-state index is 0.201. The molecule has 0 bridgehead atoms. The number of aliphatic imine (C=N–C) groups is 1. The molecule has 1 nitrogen and oxygen atoms in total. The number of rotatable bonds is 0. The maximum Gasteiger partial charge on any atom is 0.0634 e. The van der Waals surface area contributed by atoms with Crippen LogP contribution in [0.25, 0.3) is 0 Å². The van der Waals surface area contributed by atoms with Gasteiger partial charge in [-0.15, -0.1) is 0 Å².